The number of hydrogen-bond donors (Lipinski definition) is 1. The highest BCUT2D eigenvalue weighted by Gasteiger charge is 2.20. The van der Waals surface area contributed by atoms with Gasteiger partial charge in [-0.25, -0.2) is 4.98 Å². The molecule has 1 aromatic heterocycles. The Morgan fingerprint density at radius 1 is 0.857 bits per heavy atom. The Morgan fingerprint density at radius 3 is 2.36 bits per heavy atom. The van der Waals surface area contributed by atoms with Gasteiger partial charge in [0, 0.05) is 54.3 Å². The number of nitrogens with zero attached hydrogens (tertiary/aromatic N) is 4. The van der Waals surface area contributed by atoms with Gasteiger partial charge in [0.1, 0.15) is 5.82 Å². The highest BCUT2D eigenvalue weighted by Crippen LogP contribution is 2.24. The molecule has 1 fully saturated rings. The maximum atomic E-state index is 6.14. The fourth-order valence-corrected chi connectivity index (χ4v) is 3.63. The monoisotopic (exact) mass is 393 g/mol. The van der Waals surface area contributed by atoms with Crippen LogP contribution in [0.25, 0.3) is 0 Å². The maximum absolute atomic E-state index is 6.14. The largest absolute Gasteiger partial charge is 0.368 e. The third kappa shape index (κ3) is 4.20. The van der Waals surface area contributed by atoms with Crippen molar-refractivity contribution in [2.45, 2.75) is 13.8 Å². The number of aryl methyl sites for hydroxylation is 2. The summed E-state index contributed by atoms with van der Waals surface area (Å²) in [6.45, 7) is 7.68. The van der Waals surface area contributed by atoms with Gasteiger partial charge in [0.25, 0.3) is 0 Å². The van der Waals surface area contributed by atoms with Crippen LogP contribution in [-0.4, -0.2) is 36.1 Å². The number of piperazine rings is 1. The van der Waals surface area contributed by atoms with Gasteiger partial charge in [-0.15, -0.1) is 0 Å². The first-order chi connectivity index (χ1) is 13.6. The van der Waals surface area contributed by atoms with Crippen molar-refractivity contribution in [1.82, 2.24) is 9.97 Å². The molecule has 5 nitrogen and oxygen atoms in total. The number of rotatable bonds is 4. The zero-order valence-electron chi connectivity index (χ0n) is 16.2. The Kier molecular flexibility index (Phi) is 5.35. The number of halogens is 1. The summed E-state index contributed by atoms with van der Waals surface area (Å²) in [7, 11) is 0. The van der Waals surface area contributed by atoms with Gasteiger partial charge in [0.15, 0.2) is 0 Å². The minimum Gasteiger partial charge on any atom is -0.368 e. The van der Waals surface area contributed by atoms with E-state index in [1.807, 2.05) is 43.3 Å². The van der Waals surface area contributed by atoms with Crippen molar-refractivity contribution in [3.8, 4) is 0 Å². The van der Waals surface area contributed by atoms with Gasteiger partial charge in [0.05, 0.1) is 0 Å². The quantitative estimate of drug-likeness (QED) is 0.688. The second kappa shape index (κ2) is 8.07. The third-order valence-electron chi connectivity index (χ3n) is 4.99. The number of hydrogen-bond acceptors (Lipinski definition) is 5. The molecule has 0 aliphatic carbocycles. The van der Waals surface area contributed by atoms with Gasteiger partial charge in [-0.1, -0.05) is 35.9 Å². The summed E-state index contributed by atoms with van der Waals surface area (Å²) in [5.41, 5.74) is 4.38. The molecule has 3 aromatic rings. The van der Waals surface area contributed by atoms with E-state index in [1.54, 1.807) is 0 Å². The van der Waals surface area contributed by atoms with Crippen molar-refractivity contribution in [3.05, 3.63) is 70.9 Å². The van der Waals surface area contributed by atoms with E-state index in [1.165, 1.54) is 11.3 Å². The normalized spacial score (nSPS) is 14.2. The topological polar surface area (TPSA) is 44.3 Å². The van der Waals surface area contributed by atoms with Gasteiger partial charge in [0.2, 0.25) is 5.95 Å². The summed E-state index contributed by atoms with van der Waals surface area (Å²) in [6.07, 6.45) is 0. The van der Waals surface area contributed by atoms with E-state index < -0.39 is 0 Å². The Hall–Kier alpha value is -2.79. The summed E-state index contributed by atoms with van der Waals surface area (Å²) in [4.78, 5) is 14.0. The molecule has 1 saturated heterocycles. The summed E-state index contributed by atoms with van der Waals surface area (Å²) in [6, 6.07) is 18.2. The average molecular weight is 394 g/mol. The number of nitrogens with one attached hydrogen (secondary N) is 1. The summed E-state index contributed by atoms with van der Waals surface area (Å²) in [5, 5.41) is 4.20. The van der Waals surface area contributed by atoms with E-state index in [4.69, 9.17) is 16.6 Å². The molecule has 1 aliphatic rings. The standard InChI is InChI=1S/C22H24ClN5/c1-16-6-3-4-9-20(16)25-21-14-17(2)24-22(26-21)28-12-10-27(11-13-28)19-8-5-7-18(23)15-19/h3-9,14-15H,10-13H2,1-2H3,(H,24,25,26). The van der Waals surface area contributed by atoms with Crippen LogP contribution >= 0.6 is 11.6 Å². The molecule has 2 aromatic carbocycles. The molecule has 28 heavy (non-hydrogen) atoms. The Balaban J connectivity index is 1.48. The highest BCUT2D eigenvalue weighted by atomic mass is 35.5. The van der Waals surface area contributed by atoms with Crippen LogP contribution in [0.4, 0.5) is 23.1 Å². The first kappa shape index (κ1) is 18.6. The molecular formula is C22H24ClN5. The van der Waals surface area contributed by atoms with E-state index >= 15 is 0 Å². The number of para-hydroxylation sites is 1. The lowest BCUT2D eigenvalue weighted by Crippen LogP contribution is -2.47. The minimum absolute atomic E-state index is 0.772. The molecule has 1 N–H and O–H groups in total. The molecule has 0 atom stereocenters. The highest BCUT2D eigenvalue weighted by molar-refractivity contribution is 6.30. The van der Waals surface area contributed by atoms with E-state index in [2.05, 4.69) is 45.2 Å². The van der Waals surface area contributed by atoms with Crippen LogP contribution in [0.2, 0.25) is 5.02 Å². The molecular weight excluding hydrogens is 370 g/mol. The lowest BCUT2D eigenvalue weighted by molar-refractivity contribution is 0.639. The minimum atomic E-state index is 0.772. The zero-order chi connectivity index (χ0) is 19.5. The van der Waals surface area contributed by atoms with E-state index in [9.17, 15) is 0 Å². The van der Waals surface area contributed by atoms with Gasteiger partial charge in [-0.3, -0.25) is 0 Å². The molecule has 6 heteroatoms. The fraction of sp³-hybridized carbons (Fsp3) is 0.273. The molecule has 0 spiro atoms. The smallest absolute Gasteiger partial charge is 0.227 e. The predicted molar refractivity (Wildman–Crippen MR) is 117 cm³/mol. The van der Waals surface area contributed by atoms with Gasteiger partial charge < -0.3 is 15.1 Å². The lowest BCUT2D eigenvalue weighted by Gasteiger charge is -2.36. The Labute approximate surface area is 171 Å². The predicted octanol–water partition coefficient (Wildman–Crippen LogP) is 4.82. The van der Waals surface area contributed by atoms with Crippen LogP contribution in [0.1, 0.15) is 11.3 Å². The van der Waals surface area contributed by atoms with Crippen molar-refractivity contribution in [2.24, 2.45) is 0 Å². The Morgan fingerprint density at radius 2 is 1.61 bits per heavy atom. The van der Waals surface area contributed by atoms with Crippen LogP contribution in [0.3, 0.4) is 0 Å². The second-order valence-electron chi connectivity index (χ2n) is 7.09. The van der Waals surface area contributed by atoms with Crippen molar-refractivity contribution < 1.29 is 0 Å². The SMILES string of the molecule is Cc1cc(Nc2ccccc2C)nc(N2CCN(c3cccc(Cl)c3)CC2)n1. The van der Waals surface area contributed by atoms with Crippen LogP contribution in [0.15, 0.2) is 54.6 Å². The molecule has 0 amide bonds. The average Bonchev–Trinajstić information content (AvgIpc) is 2.69. The molecule has 4 rings (SSSR count). The number of anilines is 4. The third-order valence-corrected chi connectivity index (χ3v) is 5.22. The van der Waals surface area contributed by atoms with Crippen molar-refractivity contribution in [1.29, 1.82) is 0 Å². The van der Waals surface area contributed by atoms with Gasteiger partial charge >= 0.3 is 0 Å². The molecule has 2 heterocycles. The second-order valence-corrected chi connectivity index (χ2v) is 7.52. The van der Waals surface area contributed by atoms with Crippen molar-refractivity contribution in [2.75, 3.05) is 41.3 Å². The first-order valence-electron chi connectivity index (χ1n) is 9.52. The fourth-order valence-electron chi connectivity index (χ4n) is 3.45. The van der Waals surface area contributed by atoms with Gasteiger partial charge in [-0.05, 0) is 43.7 Å². The maximum Gasteiger partial charge on any atom is 0.227 e. The summed E-state index contributed by atoms with van der Waals surface area (Å²) in [5.74, 6) is 1.61. The number of aromatic nitrogens is 2. The summed E-state index contributed by atoms with van der Waals surface area (Å²) >= 11 is 6.14. The Bertz CT molecular complexity index is 967. The van der Waals surface area contributed by atoms with E-state index in [0.29, 0.717) is 0 Å². The van der Waals surface area contributed by atoms with E-state index in [0.717, 1.165) is 54.3 Å². The van der Waals surface area contributed by atoms with E-state index in [-0.39, 0.29) is 0 Å². The van der Waals surface area contributed by atoms with Crippen molar-refractivity contribution in [3.63, 3.8) is 0 Å². The van der Waals surface area contributed by atoms with Gasteiger partial charge in [-0.2, -0.15) is 4.98 Å². The molecule has 0 unspecified atom stereocenters. The van der Waals surface area contributed by atoms with Crippen LogP contribution in [0, 0.1) is 13.8 Å². The van der Waals surface area contributed by atoms with Crippen LogP contribution < -0.4 is 15.1 Å². The zero-order valence-corrected chi connectivity index (χ0v) is 16.9. The number of benzene rings is 2. The van der Waals surface area contributed by atoms with Crippen molar-refractivity contribution >= 4 is 34.7 Å². The molecule has 144 valence electrons. The lowest BCUT2D eigenvalue weighted by atomic mass is 10.2. The molecule has 0 radical (unpaired) electrons. The molecule has 0 saturated carbocycles. The molecule has 1 aliphatic heterocycles. The van der Waals surface area contributed by atoms with Crippen LogP contribution in [-0.2, 0) is 0 Å². The summed E-state index contributed by atoms with van der Waals surface area (Å²) < 4.78 is 0. The molecule has 0 bridgehead atoms. The van der Waals surface area contributed by atoms with Crippen LogP contribution in [0.5, 0.6) is 0 Å². The first-order valence-corrected chi connectivity index (χ1v) is 9.90.